The highest BCUT2D eigenvalue weighted by Crippen LogP contribution is 2.12. The average Bonchev–Trinajstić information content (AvgIpc) is 2.44. The van der Waals surface area contributed by atoms with E-state index in [2.05, 4.69) is 43.0 Å². The Kier molecular flexibility index (Phi) is 4.92. The molecular weight excluding hydrogens is 258 g/mol. The second-order valence-corrected chi connectivity index (χ2v) is 5.88. The van der Waals surface area contributed by atoms with Crippen molar-refractivity contribution in [3.63, 3.8) is 0 Å². The maximum Gasteiger partial charge on any atom is 0.176 e. The predicted molar refractivity (Wildman–Crippen MR) is 87.8 cm³/mol. The molecule has 0 atom stereocenters. The molecule has 0 spiro atoms. The fraction of sp³-hybridized carbons (Fsp3) is 0.316. The summed E-state index contributed by atoms with van der Waals surface area (Å²) in [5.74, 6) is 0.174. The van der Waals surface area contributed by atoms with Gasteiger partial charge in [-0.15, -0.1) is 0 Å². The topological polar surface area (TPSA) is 20.3 Å². The molecule has 2 nitrogen and oxygen atoms in total. The van der Waals surface area contributed by atoms with Crippen LogP contribution in [0.5, 0.6) is 0 Å². The van der Waals surface area contributed by atoms with E-state index in [0.717, 1.165) is 12.1 Å². The number of rotatable bonds is 5. The first-order valence-corrected chi connectivity index (χ1v) is 7.30. The minimum atomic E-state index is 0.174. The highest BCUT2D eigenvalue weighted by Gasteiger charge is 2.10. The number of aryl methyl sites for hydroxylation is 3. The van der Waals surface area contributed by atoms with Crippen LogP contribution >= 0.6 is 0 Å². The van der Waals surface area contributed by atoms with Crippen molar-refractivity contribution in [2.75, 3.05) is 13.6 Å². The molecule has 2 rings (SSSR count). The highest BCUT2D eigenvalue weighted by molar-refractivity contribution is 5.97. The zero-order chi connectivity index (χ0) is 15.4. The first-order valence-electron chi connectivity index (χ1n) is 7.30. The Morgan fingerprint density at radius 3 is 2.24 bits per heavy atom. The van der Waals surface area contributed by atoms with Crippen LogP contribution in [0.2, 0.25) is 0 Å². The monoisotopic (exact) mass is 281 g/mol. The van der Waals surface area contributed by atoms with Crippen LogP contribution in [-0.4, -0.2) is 24.3 Å². The summed E-state index contributed by atoms with van der Waals surface area (Å²) in [6, 6.07) is 14.4. The molecule has 0 aliphatic heterocycles. The number of hydrogen-bond acceptors (Lipinski definition) is 2. The molecule has 0 radical (unpaired) electrons. The lowest BCUT2D eigenvalue weighted by Gasteiger charge is -2.16. The first-order chi connectivity index (χ1) is 9.95. The fourth-order valence-corrected chi connectivity index (χ4v) is 2.31. The van der Waals surface area contributed by atoms with Gasteiger partial charge in [-0.25, -0.2) is 0 Å². The molecule has 0 unspecified atom stereocenters. The van der Waals surface area contributed by atoms with Gasteiger partial charge < -0.3 is 0 Å². The highest BCUT2D eigenvalue weighted by atomic mass is 16.1. The summed E-state index contributed by atoms with van der Waals surface area (Å²) in [4.78, 5) is 14.4. The smallest absolute Gasteiger partial charge is 0.176 e. The SMILES string of the molecule is Cc1ccc(CN(C)CC(=O)c2ccc(C)c(C)c2)cc1. The Hall–Kier alpha value is -1.93. The van der Waals surface area contributed by atoms with E-state index in [9.17, 15) is 4.79 Å². The number of ketones is 1. The van der Waals surface area contributed by atoms with E-state index in [1.165, 1.54) is 22.3 Å². The molecule has 0 amide bonds. The lowest BCUT2D eigenvalue weighted by atomic mass is 10.0. The van der Waals surface area contributed by atoms with Crippen molar-refractivity contribution in [2.24, 2.45) is 0 Å². The van der Waals surface area contributed by atoms with Gasteiger partial charge >= 0.3 is 0 Å². The number of nitrogens with zero attached hydrogens (tertiary/aromatic N) is 1. The third-order valence-corrected chi connectivity index (χ3v) is 3.82. The van der Waals surface area contributed by atoms with Crippen molar-refractivity contribution in [3.05, 3.63) is 70.3 Å². The average molecular weight is 281 g/mol. The van der Waals surface area contributed by atoms with Gasteiger partial charge in [-0.1, -0.05) is 42.0 Å². The van der Waals surface area contributed by atoms with Crippen molar-refractivity contribution in [1.29, 1.82) is 0 Å². The van der Waals surface area contributed by atoms with E-state index in [1.54, 1.807) is 0 Å². The quantitative estimate of drug-likeness (QED) is 0.774. The third-order valence-electron chi connectivity index (χ3n) is 3.82. The van der Waals surface area contributed by atoms with Gasteiger partial charge in [-0.3, -0.25) is 9.69 Å². The second kappa shape index (κ2) is 6.68. The van der Waals surface area contributed by atoms with Crippen LogP contribution in [0.15, 0.2) is 42.5 Å². The Morgan fingerprint density at radius 1 is 0.952 bits per heavy atom. The Labute approximate surface area is 127 Å². The molecule has 0 saturated heterocycles. The van der Waals surface area contributed by atoms with Crippen LogP contribution in [0.4, 0.5) is 0 Å². The van der Waals surface area contributed by atoms with Gasteiger partial charge in [-0.2, -0.15) is 0 Å². The molecule has 0 aliphatic carbocycles. The molecule has 21 heavy (non-hydrogen) atoms. The zero-order valence-corrected chi connectivity index (χ0v) is 13.3. The number of carbonyl (C=O) groups is 1. The van der Waals surface area contributed by atoms with Crippen molar-refractivity contribution in [2.45, 2.75) is 27.3 Å². The zero-order valence-electron chi connectivity index (χ0n) is 13.3. The lowest BCUT2D eigenvalue weighted by molar-refractivity contribution is 0.0943. The van der Waals surface area contributed by atoms with E-state index in [1.807, 2.05) is 32.2 Å². The van der Waals surface area contributed by atoms with Crippen molar-refractivity contribution < 1.29 is 4.79 Å². The first kappa shape index (κ1) is 15.5. The Bertz CT molecular complexity index is 629. The largest absolute Gasteiger partial charge is 0.295 e. The number of carbonyl (C=O) groups excluding carboxylic acids is 1. The molecule has 0 fully saturated rings. The van der Waals surface area contributed by atoms with E-state index < -0.39 is 0 Å². The van der Waals surface area contributed by atoms with Crippen LogP contribution < -0.4 is 0 Å². The number of Topliss-reactive ketones (excluding diaryl/α,β-unsaturated/α-hetero) is 1. The maximum atomic E-state index is 12.3. The van der Waals surface area contributed by atoms with Gasteiger partial charge in [0.2, 0.25) is 0 Å². The lowest BCUT2D eigenvalue weighted by Crippen LogP contribution is -2.25. The standard InChI is InChI=1S/C19H23NO/c1-14-5-8-17(9-6-14)12-20(4)13-19(21)18-10-7-15(2)16(3)11-18/h5-11H,12-13H2,1-4H3. The van der Waals surface area contributed by atoms with Gasteiger partial charge in [0.25, 0.3) is 0 Å². The summed E-state index contributed by atoms with van der Waals surface area (Å²) in [6.45, 7) is 7.42. The molecule has 0 aromatic heterocycles. The van der Waals surface area contributed by atoms with Crippen molar-refractivity contribution in [3.8, 4) is 0 Å². The summed E-state index contributed by atoms with van der Waals surface area (Å²) in [5.41, 5.74) is 5.68. The molecule has 2 aromatic carbocycles. The fourth-order valence-electron chi connectivity index (χ4n) is 2.31. The minimum Gasteiger partial charge on any atom is -0.295 e. The number of likely N-dealkylation sites (N-methyl/N-ethyl adjacent to an activating group) is 1. The molecule has 2 heteroatoms. The molecule has 0 bridgehead atoms. The molecule has 0 heterocycles. The maximum absolute atomic E-state index is 12.3. The van der Waals surface area contributed by atoms with E-state index >= 15 is 0 Å². The molecule has 0 N–H and O–H groups in total. The predicted octanol–water partition coefficient (Wildman–Crippen LogP) is 3.93. The van der Waals surface area contributed by atoms with Crippen LogP contribution in [-0.2, 0) is 6.54 Å². The van der Waals surface area contributed by atoms with E-state index in [4.69, 9.17) is 0 Å². The third kappa shape index (κ3) is 4.27. The molecule has 110 valence electrons. The molecule has 2 aromatic rings. The van der Waals surface area contributed by atoms with Crippen LogP contribution in [0.25, 0.3) is 0 Å². The number of hydrogen-bond donors (Lipinski definition) is 0. The van der Waals surface area contributed by atoms with E-state index in [0.29, 0.717) is 6.54 Å². The summed E-state index contributed by atoms with van der Waals surface area (Å²) in [6.07, 6.45) is 0. The molecule has 0 aliphatic rings. The van der Waals surface area contributed by atoms with Gasteiger partial charge in [0.05, 0.1) is 6.54 Å². The van der Waals surface area contributed by atoms with Crippen LogP contribution in [0.1, 0.15) is 32.6 Å². The molecule has 0 saturated carbocycles. The molecular formula is C19H23NO. The second-order valence-electron chi connectivity index (χ2n) is 5.88. The summed E-state index contributed by atoms with van der Waals surface area (Å²) in [5, 5.41) is 0. The van der Waals surface area contributed by atoms with Gasteiger partial charge in [0, 0.05) is 12.1 Å². The van der Waals surface area contributed by atoms with Crippen molar-refractivity contribution in [1.82, 2.24) is 4.90 Å². The Morgan fingerprint density at radius 2 is 1.62 bits per heavy atom. The summed E-state index contributed by atoms with van der Waals surface area (Å²) >= 11 is 0. The van der Waals surface area contributed by atoms with Crippen LogP contribution in [0.3, 0.4) is 0 Å². The summed E-state index contributed by atoms with van der Waals surface area (Å²) < 4.78 is 0. The Balaban J connectivity index is 1.98. The van der Waals surface area contributed by atoms with Crippen molar-refractivity contribution >= 4 is 5.78 Å². The normalized spacial score (nSPS) is 10.9. The number of benzene rings is 2. The van der Waals surface area contributed by atoms with Crippen LogP contribution in [0, 0.1) is 20.8 Å². The van der Waals surface area contributed by atoms with Gasteiger partial charge in [0.15, 0.2) is 5.78 Å². The summed E-state index contributed by atoms with van der Waals surface area (Å²) in [7, 11) is 1.98. The van der Waals surface area contributed by atoms with Gasteiger partial charge in [0.1, 0.15) is 0 Å². The minimum absolute atomic E-state index is 0.174. The van der Waals surface area contributed by atoms with Gasteiger partial charge in [-0.05, 0) is 50.6 Å². The van der Waals surface area contributed by atoms with E-state index in [-0.39, 0.29) is 5.78 Å².